The van der Waals surface area contributed by atoms with Crippen LogP contribution in [0.5, 0.6) is 0 Å². The van der Waals surface area contributed by atoms with Gasteiger partial charge in [-0.3, -0.25) is 9.69 Å². The van der Waals surface area contributed by atoms with Crippen LogP contribution in [0.3, 0.4) is 0 Å². The first-order valence-corrected chi connectivity index (χ1v) is 5.97. The predicted octanol–water partition coefficient (Wildman–Crippen LogP) is 2.33. The standard InChI is InChI=1S/C13H22N2O/c1-4-5-6-8-14(2)11-13(16)12-7-9-15(3)10-12/h7,9-10H,4-6,8,11H2,1-3H3. The average Bonchev–Trinajstić information content (AvgIpc) is 2.65. The first kappa shape index (κ1) is 13.0. The van der Waals surface area contributed by atoms with Gasteiger partial charge in [0.25, 0.3) is 0 Å². The summed E-state index contributed by atoms with van der Waals surface area (Å²) in [6, 6.07) is 1.88. The second-order valence-corrected chi connectivity index (χ2v) is 4.43. The van der Waals surface area contributed by atoms with E-state index in [1.54, 1.807) is 0 Å². The van der Waals surface area contributed by atoms with E-state index >= 15 is 0 Å². The van der Waals surface area contributed by atoms with Gasteiger partial charge in [0, 0.05) is 25.0 Å². The number of nitrogens with zero attached hydrogens (tertiary/aromatic N) is 2. The Morgan fingerprint density at radius 3 is 2.75 bits per heavy atom. The quantitative estimate of drug-likeness (QED) is 0.522. The maximum atomic E-state index is 11.8. The van der Waals surface area contributed by atoms with Gasteiger partial charge in [0.2, 0.25) is 0 Å². The van der Waals surface area contributed by atoms with Gasteiger partial charge in [-0.1, -0.05) is 19.8 Å². The number of ketones is 1. The summed E-state index contributed by atoms with van der Waals surface area (Å²) in [4.78, 5) is 13.9. The maximum absolute atomic E-state index is 11.8. The Labute approximate surface area is 98.1 Å². The Morgan fingerprint density at radius 2 is 2.19 bits per heavy atom. The van der Waals surface area contributed by atoms with Crippen LogP contribution in [-0.2, 0) is 7.05 Å². The minimum atomic E-state index is 0.208. The van der Waals surface area contributed by atoms with Gasteiger partial charge < -0.3 is 4.57 Å². The fourth-order valence-corrected chi connectivity index (χ4v) is 1.72. The van der Waals surface area contributed by atoms with E-state index in [-0.39, 0.29) is 5.78 Å². The number of carbonyl (C=O) groups excluding carboxylic acids is 1. The van der Waals surface area contributed by atoms with E-state index in [0.29, 0.717) is 6.54 Å². The molecule has 0 aliphatic rings. The minimum absolute atomic E-state index is 0.208. The van der Waals surface area contributed by atoms with Gasteiger partial charge in [-0.05, 0) is 26.1 Å². The van der Waals surface area contributed by atoms with Crippen molar-refractivity contribution in [1.82, 2.24) is 9.47 Å². The molecule has 0 saturated carbocycles. The molecule has 90 valence electrons. The Morgan fingerprint density at radius 1 is 1.44 bits per heavy atom. The first-order chi connectivity index (χ1) is 7.63. The lowest BCUT2D eigenvalue weighted by atomic mass is 10.2. The fourth-order valence-electron chi connectivity index (χ4n) is 1.72. The van der Waals surface area contributed by atoms with Gasteiger partial charge in [-0.15, -0.1) is 0 Å². The number of likely N-dealkylation sites (N-methyl/N-ethyl adjacent to an activating group) is 1. The number of aryl methyl sites for hydroxylation is 1. The van der Waals surface area contributed by atoms with Crippen LogP contribution in [0.2, 0.25) is 0 Å². The molecular formula is C13H22N2O. The highest BCUT2D eigenvalue weighted by atomic mass is 16.1. The third-order valence-corrected chi connectivity index (χ3v) is 2.71. The molecule has 0 spiro atoms. The van der Waals surface area contributed by atoms with Gasteiger partial charge in [0.05, 0.1) is 6.54 Å². The highest BCUT2D eigenvalue weighted by Crippen LogP contribution is 2.03. The molecule has 0 bridgehead atoms. The number of hydrogen-bond donors (Lipinski definition) is 0. The normalized spacial score (nSPS) is 11.0. The Hall–Kier alpha value is -1.09. The van der Waals surface area contributed by atoms with Crippen molar-refractivity contribution in [3.8, 4) is 0 Å². The van der Waals surface area contributed by atoms with Crippen LogP contribution < -0.4 is 0 Å². The Bertz CT molecular complexity index is 330. The number of hydrogen-bond acceptors (Lipinski definition) is 2. The number of unbranched alkanes of at least 4 members (excludes halogenated alkanes) is 2. The zero-order valence-electron chi connectivity index (χ0n) is 10.6. The molecule has 0 saturated heterocycles. The van der Waals surface area contributed by atoms with Crippen LogP contribution in [0.4, 0.5) is 0 Å². The monoisotopic (exact) mass is 222 g/mol. The molecule has 1 rings (SSSR count). The molecule has 0 radical (unpaired) electrons. The lowest BCUT2D eigenvalue weighted by molar-refractivity contribution is 0.0945. The average molecular weight is 222 g/mol. The highest BCUT2D eigenvalue weighted by molar-refractivity contribution is 5.97. The molecule has 3 nitrogen and oxygen atoms in total. The van der Waals surface area contributed by atoms with Crippen LogP contribution in [-0.4, -0.2) is 35.4 Å². The fraction of sp³-hybridized carbons (Fsp3) is 0.615. The molecular weight excluding hydrogens is 200 g/mol. The Balaban J connectivity index is 2.33. The van der Waals surface area contributed by atoms with Crippen molar-refractivity contribution in [2.45, 2.75) is 26.2 Å². The van der Waals surface area contributed by atoms with Crippen LogP contribution in [0, 0.1) is 0 Å². The van der Waals surface area contributed by atoms with E-state index in [1.807, 2.05) is 37.1 Å². The van der Waals surface area contributed by atoms with Crippen molar-refractivity contribution in [2.24, 2.45) is 7.05 Å². The lowest BCUT2D eigenvalue weighted by Gasteiger charge is -2.14. The van der Waals surface area contributed by atoms with Crippen LogP contribution in [0.25, 0.3) is 0 Å². The first-order valence-electron chi connectivity index (χ1n) is 5.97. The van der Waals surface area contributed by atoms with Crippen LogP contribution in [0.15, 0.2) is 18.5 Å². The smallest absolute Gasteiger partial charge is 0.178 e. The molecule has 1 aromatic heterocycles. The second-order valence-electron chi connectivity index (χ2n) is 4.43. The van der Waals surface area contributed by atoms with E-state index < -0.39 is 0 Å². The van der Waals surface area contributed by atoms with Gasteiger partial charge >= 0.3 is 0 Å². The predicted molar refractivity (Wildman–Crippen MR) is 66.8 cm³/mol. The number of aromatic nitrogens is 1. The van der Waals surface area contributed by atoms with E-state index in [0.717, 1.165) is 12.1 Å². The summed E-state index contributed by atoms with van der Waals surface area (Å²) in [5, 5.41) is 0. The third-order valence-electron chi connectivity index (χ3n) is 2.71. The highest BCUT2D eigenvalue weighted by Gasteiger charge is 2.09. The molecule has 0 amide bonds. The summed E-state index contributed by atoms with van der Waals surface area (Å²) < 4.78 is 1.91. The molecule has 0 aliphatic heterocycles. The van der Waals surface area contributed by atoms with E-state index in [4.69, 9.17) is 0 Å². The minimum Gasteiger partial charge on any atom is -0.357 e. The zero-order chi connectivity index (χ0) is 12.0. The summed E-state index contributed by atoms with van der Waals surface area (Å²) in [5.74, 6) is 0.208. The molecule has 1 heterocycles. The van der Waals surface area contributed by atoms with Gasteiger partial charge in [-0.25, -0.2) is 0 Å². The molecule has 0 atom stereocenters. The maximum Gasteiger partial charge on any atom is 0.178 e. The van der Waals surface area contributed by atoms with Crippen molar-refractivity contribution < 1.29 is 4.79 Å². The topological polar surface area (TPSA) is 25.2 Å². The zero-order valence-corrected chi connectivity index (χ0v) is 10.6. The van der Waals surface area contributed by atoms with Gasteiger partial charge in [-0.2, -0.15) is 0 Å². The molecule has 0 N–H and O–H groups in total. The summed E-state index contributed by atoms with van der Waals surface area (Å²) >= 11 is 0. The van der Waals surface area contributed by atoms with Crippen molar-refractivity contribution in [2.75, 3.05) is 20.1 Å². The molecule has 0 unspecified atom stereocenters. The van der Waals surface area contributed by atoms with Gasteiger partial charge in [0.1, 0.15) is 0 Å². The van der Waals surface area contributed by atoms with Crippen molar-refractivity contribution in [3.05, 3.63) is 24.0 Å². The lowest BCUT2D eigenvalue weighted by Crippen LogP contribution is -2.26. The summed E-state index contributed by atoms with van der Waals surface area (Å²) in [7, 11) is 3.94. The van der Waals surface area contributed by atoms with E-state index in [1.165, 1.54) is 19.3 Å². The van der Waals surface area contributed by atoms with Crippen molar-refractivity contribution in [1.29, 1.82) is 0 Å². The third kappa shape index (κ3) is 4.19. The number of Topliss-reactive ketones (excluding diaryl/α,β-unsaturated/α-hetero) is 1. The van der Waals surface area contributed by atoms with Crippen molar-refractivity contribution in [3.63, 3.8) is 0 Å². The molecule has 16 heavy (non-hydrogen) atoms. The van der Waals surface area contributed by atoms with Crippen LogP contribution in [0.1, 0.15) is 36.5 Å². The number of rotatable bonds is 7. The Kier molecular flexibility index (Phi) is 5.26. The molecule has 0 fully saturated rings. The molecule has 0 aromatic carbocycles. The van der Waals surface area contributed by atoms with Crippen molar-refractivity contribution >= 4 is 5.78 Å². The summed E-state index contributed by atoms with van der Waals surface area (Å²) in [6.45, 7) is 3.72. The molecule has 3 heteroatoms. The molecule has 0 aliphatic carbocycles. The second kappa shape index (κ2) is 6.48. The van der Waals surface area contributed by atoms with E-state index in [2.05, 4.69) is 11.8 Å². The molecule has 1 aromatic rings. The largest absolute Gasteiger partial charge is 0.357 e. The SMILES string of the molecule is CCCCCN(C)CC(=O)c1ccn(C)c1. The number of carbonyl (C=O) groups is 1. The summed E-state index contributed by atoms with van der Waals surface area (Å²) in [6.07, 6.45) is 7.42. The van der Waals surface area contributed by atoms with Crippen LogP contribution >= 0.6 is 0 Å². The summed E-state index contributed by atoms with van der Waals surface area (Å²) in [5.41, 5.74) is 0.810. The van der Waals surface area contributed by atoms with Gasteiger partial charge in [0.15, 0.2) is 5.78 Å². The van der Waals surface area contributed by atoms with E-state index in [9.17, 15) is 4.79 Å².